The Hall–Kier alpha value is -1.41. The van der Waals surface area contributed by atoms with E-state index >= 15 is 0 Å². The van der Waals surface area contributed by atoms with Gasteiger partial charge in [-0.25, -0.2) is 13.8 Å². The Kier molecular flexibility index (Phi) is 3.16. The number of anilines is 1. The van der Waals surface area contributed by atoms with Crippen molar-refractivity contribution >= 4 is 17.4 Å². The van der Waals surface area contributed by atoms with Gasteiger partial charge in [0.2, 0.25) is 0 Å². The topological polar surface area (TPSA) is 39.9 Å². The lowest BCUT2D eigenvalue weighted by Gasteiger charge is -2.20. The molecule has 2 heterocycles. The summed E-state index contributed by atoms with van der Waals surface area (Å²) in [4.78, 5) is 5.64. The van der Waals surface area contributed by atoms with Crippen LogP contribution in [0.4, 0.5) is 14.6 Å². The number of pyridine rings is 1. The maximum absolute atomic E-state index is 13.2. The first-order chi connectivity index (χ1) is 8.35. The first-order valence-electron chi connectivity index (χ1n) is 5.55. The number of halogens is 3. The number of nitriles is 1. The molecule has 1 aromatic heterocycles. The summed E-state index contributed by atoms with van der Waals surface area (Å²) < 4.78 is 26.4. The van der Waals surface area contributed by atoms with Gasteiger partial charge in [-0.05, 0) is 19.4 Å². The number of aryl methyl sites for hydroxylation is 1. The molecule has 0 spiro atoms. The molecule has 6 heteroatoms. The maximum Gasteiger partial charge on any atom is 0.266 e. The lowest BCUT2D eigenvalue weighted by molar-refractivity contribution is 0.0256. The number of hydrogen-bond acceptors (Lipinski definition) is 3. The van der Waals surface area contributed by atoms with Gasteiger partial charge in [0, 0.05) is 13.0 Å². The third kappa shape index (κ3) is 2.13. The summed E-state index contributed by atoms with van der Waals surface area (Å²) in [5, 5.41) is 9.56. The smallest absolute Gasteiger partial charge is 0.266 e. The molecule has 1 aliphatic heterocycles. The molecule has 0 aliphatic carbocycles. The summed E-state index contributed by atoms with van der Waals surface area (Å²) in [6.07, 6.45) is -0.208. The van der Waals surface area contributed by atoms with E-state index < -0.39 is 12.5 Å². The quantitative estimate of drug-likeness (QED) is 0.788. The van der Waals surface area contributed by atoms with Crippen molar-refractivity contribution < 1.29 is 8.78 Å². The first-order valence-corrected chi connectivity index (χ1v) is 5.93. The molecule has 1 fully saturated rings. The molecule has 0 atom stereocenters. The van der Waals surface area contributed by atoms with E-state index in [1.807, 2.05) is 6.07 Å². The molecule has 1 aliphatic rings. The van der Waals surface area contributed by atoms with Gasteiger partial charge in [0.05, 0.1) is 22.8 Å². The van der Waals surface area contributed by atoms with Gasteiger partial charge in [-0.15, -0.1) is 0 Å². The van der Waals surface area contributed by atoms with Crippen LogP contribution in [0, 0.1) is 25.2 Å². The highest BCUT2D eigenvalue weighted by Crippen LogP contribution is 2.34. The van der Waals surface area contributed by atoms with Crippen LogP contribution in [0.5, 0.6) is 0 Å². The number of alkyl halides is 2. The summed E-state index contributed by atoms with van der Waals surface area (Å²) in [5.74, 6) is -2.40. The number of hydrogen-bond donors (Lipinski definition) is 0. The molecule has 0 unspecified atom stereocenters. The van der Waals surface area contributed by atoms with Crippen molar-refractivity contribution in [3.8, 4) is 6.07 Å². The van der Waals surface area contributed by atoms with E-state index in [0.717, 1.165) is 0 Å². The molecule has 0 saturated carbocycles. The van der Waals surface area contributed by atoms with Crippen LogP contribution in [-0.4, -0.2) is 24.0 Å². The van der Waals surface area contributed by atoms with E-state index in [4.69, 9.17) is 16.9 Å². The Morgan fingerprint density at radius 1 is 1.44 bits per heavy atom. The number of aromatic nitrogens is 1. The zero-order valence-electron chi connectivity index (χ0n) is 10.1. The highest BCUT2D eigenvalue weighted by molar-refractivity contribution is 6.32. The summed E-state index contributed by atoms with van der Waals surface area (Å²) >= 11 is 6.02. The minimum absolute atomic E-state index is 0.204. The zero-order valence-corrected chi connectivity index (χ0v) is 10.9. The Morgan fingerprint density at radius 3 is 2.61 bits per heavy atom. The van der Waals surface area contributed by atoms with Crippen LogP contribution in [0.1, 0.15) is 23.2 Å². The lowest BCUT2D eigenvalue weighted by atomic mass is 10.1. The number of nitrogens with zero attached hydrogens (tertiary/aromatic N) is 3. The Labute approximate surface area is 109 Å². The van der Waals surface area contributed by atoms with Crippen LogP contribution in [0.2, 0.25) is 5.02 Å². The summed E-state index contributed by atoms with van der Waals surface area (Å²) in [5.41, 5.74) is 1.43. The second-order valence-corrected chi connectivity index (χ2v) is 4.85. The zero-order chi connectivity index (χ0) is 13.5. The van der Waals surface area contributed by atoms with Crippen molar-refractivity contribution in [1.29, 1.82) is 5.26 Å². The fraction of sp³-hybridized carbons (Fsp3) is 0.500. The fourth-order valence-electron chi connectivity index (χ4n) is 2.09. The van der Waals surface area contributed by atoms with Crippen molar-refractivity contribution in [3.05, 3.63) is 21.8 Å². The normalized spacial score (nSPS) is 17.9. The van der Waals surface area contributed by atoms with Gasteiger partial charge in [0.15, 0.2) is 0 Å². The number of rotatable bonds is 1. The van der Waals surface area contributed by atoms with Crippen LogP contribution >= 0.6 is 11.6 Å². The molecule has 0 radical (unpaired) electrons. The van der Waals surface area contributed by atoms with Crippen LogP contribution in [0.25, 0.3) is 0 Å². The van der Waals surface area contributed by atoms with Crippen LogP contribution in [-0.2, 0) is 0 Å². The molecule has 0 aromatic carbocycles. The lowest BCUT2D eigenvalue weighted by Crippen LogP contribution is -2.26. The van der Waals surface area contributed by atoms with Gasteiger partial charge in [-0.2, -0.15) is 5.26 Å². The predicted molar refractivity (Wildman–Crippen MR) is 65.2 cm³/mol. The Morgan fingerprint density at radius 2 is 2.11 bits per heavy atom. The molecular weight excluding hydrogens is 260 g/mol. The monoisotopic (exact) mass is 271 g/mol. The average Bonchev–Trinajstić information content (AvgIpc) is 2.66. The summed E-state index contributed by atoms with van der Waals surface area (Å²) in [6, 6.07) is 2.00. The highest BCUT2D eigenvalue weighted by Gasteiger charge is 2.39. The van der Waals surface area contributed by atoms with Crippen molar-refractivity contribution in [1.82, 2.24) is 4.98 Å². The van der Waals surface area contributed by atoms with Gasteiger partial charge >= 0.3 is 0 Å². The SMILES string of the molecule is Cc1nc(N2CCC(F)(F)C2)c(C#N)c(C)c1Cl. The van der Waals surface area contributed by atoms with E-state index in [1.165, 1.54) is 4.90 Å². The minimum Gasteiger partial charge on any atom is -0.349 e. The molecule has 0 N–H and O–H groups in total. The molecule has 0 amide bonds. The maximum atomic E-state index is 13.2. The van der Waals surface area contributed by atoms with E-state index in [2.05, 4.69) is 4.98 Å². The predicted octanol–water partition coefficient (Wildman–Crippen LogP) is 3.07. The van der Waals surface area contributed by atoms with E-state index in [9.17, 15) is 8.78 Å². The van der Waals surface area contributed by atoms with Crippen molar-refractivity contribution in [2.75, 3.05) is 18.0 Å². The van der Waals surface area contributed by atoms with E-state index in [1.54, 1.807) is 13.8 Å². The van der Waals surface area contributed by atoms with Gasteiger partial charge in [0.25, 0.3) is 5.92 Å². The molecule has 2 rings (SSSR count). The van der Waals surface area contributed by atoms with Gasteiger partial charge in [-0.1, -0.05) is 11.6 Å². The molecule has 3 nitrogen and oxygen atoms in total. The van der Waals surface area contributed by atoms with Gasteiger partial charge in [0.1, 0.15) is 11.9 Å². The fourth-order valence-corrected chi connectivity index (χ4v) is 2.23. The first kappa shape index (κ1) is 13.0. The minimum atomic E-state index is -2.71. The Balaban J connectivity index is 2.49. The summed E-state index contributed by atoms with van der Waals surface area (Å²) in [7, 11) is 0. The molecule has 96 valence electrons. The van der Waals surface area contributed by atoms with Gasteiger partial charge in [-0.3, -0.25) is 0 Å². The third-order valence-corrected chi connectivity index (χ3v) is 3.66. The second kappa shape index (κ2) is 4.36. The van der Waals surface area contributed by atoms with Crippen LogP contribution in [0.15, 0.2) is 0 Å². The van der Waals surface area contributed by atoms with Gasteiger partial charge < -0.3 is 4.90 Å². The van der Waals surface area contributed by atoms with E-state index in [-0.39, 0.29) is 18.5 Å². The third-order valence-electron chi connectivity index (χ3n) is 3.10. The Bertz CT molecular complexity index is 537. The summed E-state index contributed by atoms with van der Waals surface area (Å²) in [6.45, 7) is 3.21. The molecule has 1 saturated heterocycles. The van der Waals surface area contributed by atoms with Crippen molar-refractivity contribution in [2.24, 2.45) is 0 Å². The van der Waals surface area contributed by atoms with Crippen LogP contribution in [0.3, 0.4) is 0 Å². The molecule has 18 heavy (non-hydrogen) atoms. The van der Waals surface area contributed by atoms with Crippen molar-refractivity contribution in [3.63, 3.8) is 0 Å². The van der Waals surface area contributed by atoms with Crippen LogP contribution < -0.4 is 4.90 Å². The highest BCUT2D eigenvalue weighted by atomic mass is 35.5. The molecule has 1 aromatic rings. The largest absolute Gasteiger partial charge is 0.349 e. The second-order valence-electron chi connectivity index (χ2n) is 4.47. The molecule has 0 bridgehead atoms. The standard InChI is InChI=1S/C12H12ClF2N3/c1-7-9(5-16)11(17-8(2)10(7)13)18-4-3-12(14,15)6-18/h3-4,6H2,1-2H3. The van der Waals surface area contributed by atoms with E-state index in [0.29, 0.717) is 22.1 Å². The van der Waals surface area contributed by atoms with Crippen molar-refractivity contribution in [2.45, 2.75) is 26.2 Å². The molecular formula is C12H12ClF2N3. The average molecular weight is 272 g/mol.